The van der Waals surface area contributed by atoms with Gasteiger partial charge in [0, 0.05) is 25.9 Å². The maximum Gasteiger partial charge on any atom is 0.291 e. The summed E-state index contributed by atoms with van der Waals surface area (Å²) in [6.07, 6.45) is 1.89. The Morgan fingerprint density at radius 1 is 0.842 bits per heavy atom. The molecule has 3 heteroatoms. The topological polar surface area (TPSA) is 21.7 Å². The van der Waals surface area contributed by atoms with E-state index in [0.717, 1.165) is 17.1 Å². The fraction of sp³-hybridized carbons (Fsp3) is 0.125. The third kappa shape index (κ3) is 2.40. The van der Waals surface area contributed by atoms with Crippen LogP contribution in [0.3, 0.4) is 0 Å². The van der Waals surface area contributed by atoms with Crippen LogP contribution < -0.4 is 14.4 Å². The molecule has 19 heavy (non-hydrogen) atoms. The molecule has 0 fully saturated rings. The van der Waals surface area contributed by atoms with Gasteiger partial charge in [-0.25, -0.2) is 0 Å². The molecule has 3 nitrogen and oxygen atoms in total. The Labute approximate surface area is 112 Å². The molecule has 1 aliphatic heterocycles. The van der Waals surface area contributed by atoms with Gasteiger partial charge in [0.15, 0.2) is 11.5 Å². The van der Waals surface area contributed by atoms with Crippen molar-refractivity contribution in [3.63, 3.8) is 0 Å². The monoisotopic (exact) mass is 253 g/mol. The maximum absolute atomic E-state index is 5.62. The molecule has 3 rings (SSSR count). The van der Waals surface area contributed by atoms with Crippen molar-refractivity contribution in [2.24, 2.45) is 0 Å². The van der Waals surface area contributed by atoms with Crippen LogP contribution in [0.2, 0.25) is 0 Å². The lowest BCUT2D eigenvalue weighted by molar-refractivity contribution is 0.293. The molecule has 0 radical (unpaired) electrons. The summed E-state index contributed by atoms with van der Waals surface area (Å²) >= 11 is 0. The second kappa shape index (κ2) is 4.69. The first-order valence-corrected chi connectivity index (χ1v) is 6.16. The molecular formula is C16H15NO2. The molecule has 1 aliphatic rings. The average Bonchev–Trinajstić information content (AvgIpc) is 2.81. The average molecular weight is 253 g/mol. The molecule has 0 saturated carbocycles. The number of hydrogen-bond donors (Lipinski definition) is 0. The maximum atomic E-state index is 5.62. The molecule has 0 saturated heterocycles. The number of para-hydroxylation sites is 2. The number of hydrogen-bond acceptors (Lipinski definition) is 3. The molecule has 0 bridgehead atoms. The van der Waals surface area contributed by atoms with Gasteiger partial charge in [-0.2, -0.15) is 0 Å². The molecule has 0 amide bonds. The first-order chi connectivity index (χ1) is 9.22. The molecule has 2 aromatic carbocycles. The van der Waals surface area contributed by atoms with E-state index >= 15 is 0 Å². The molecule has 2 aromatic rings. The molecule has 96 valence electrons. The highest BCUT2D eigenvalue weighted by Gasteiger charge is 2.17. The Hall–Kier alpha value is -2.42. The normalized spacial score (nSPS) is 12.4. The van der Waals surface area contributed by atoms with Gasteiger partial charge in [0.2, 0.25) is 0 Å². The Bertz CT molecular complexity index is 588. The van der Waals surface area contributed by atoms with E-state index in [1.165, 1.54) is 5.69 Å². The third-order valence-electron chi connectivity index (χ3n) is 2.96. The lowest BCUT2D eigenvalue weighted by atomic mass is 10.2. The summed E-state index contributed by atoms with van der Waals surface area (Å²) in [7, 11) is 4.04. The Morgan fingerprint density at radius 3 is 1.95 bits per heavy atom. The number of rotatable bonds is 2. The zero-order chi connectivity index (χ0) is 13.2. The predicted molar refractivity (Wildman–Crippen MR) is 76.4 cm³/mol. The first-order valence-electron chi connectivity index (χ1n) is 6.16. The van der Waals surface area contributed by atoms with Crippen molar-refractivity contribution in [3.05, 3.63) is 60.0 Å². The van der Waals surface area contributed by atoms with Crippen LogP contribution in [0.15, 0.2) is 54.5 Å². The van der Waals surface area contributed by atoms with Crippen molar-refractivity contribution in [1.82, 2.24) is 0 Å². The summed E-state index contributed by atoms with van der Waals surface area (Å²) in [5.41, 5.74) is 2.21. The minimum atomic E-state index is 0.513. The summed E-state index contributed by atoms with van der Waals surface area (Å²) < 4.78 is 11.2. The summed E-state index contributed by atoms with van der Waals surface area (Å²) in [6.45, 7) is 0. The minimum Gasteiger partial charge on any atom is -0.422 e. The summed E-state index contributed by atoms with van der Waals surface area (Å²) in [5, 5.41) is 0. The van der Waals surface area contributed by atoms with E-state index in [1.54, 1.807) is 0 Å². The minimum absolute atomic E-state index is 0.513. The smallest absolute Gasteiger partial charge is 0.291 e. The van der Waals surface area contributed by atoms with Gasteiger partial charge in [0.1, 0.15) is 0 Å². The number of fused-ring (bicyclic) bond motifs is 1. The summed E-state index contributed by atoms with van der Waals surface area (Å²) in [5.74, 6) is 2.04. The van der Waals surface area contributed by atoms with Crippen molar-refractivity contribution < 1.29 is 9.47 Å². The van der Waals surface area contributed by atoms with E-state index < -0.39 is 0 Å². The molecular weight excluding hydrogens is 238 g/mol. The summed E-state index contributed by atoms with van der Waals surface area (Å²) in [6, 6.07) is 15.9. The van der Waals surface area contributed by atoms with Crippen LogP contribution in [0, 0.1) is 0 Å². The van der Waals surface area contributed by atoms with Gasteiger partial charge < -0.3 is 14.4 Å². The Morgan fingerprint density at radius 2 is 1.42 bits per heavy atom. The molecule has 0 unspecified atom stereocenters. The lowest BCUT2D eigenvalue weighted by Gasteiger charge is -2.11. The SMILES string of the molecule is CN(C)c1ccc(C=C2Oc3ccccc3O2)cc1. The molecule has 0 N–H and O–H groups in total. The van der Waals surface area contributed by atoms with Crippen molar-refractivity contribution in [2.75, 3.05) is 19.0 Å². The second-order valence-electron chi connectivity index (χ2n) is 4.60. The van der Waals surface area contributed by atoms with Crippen molar-refractivity contribution in [2.45, 2.75) is 0 Å². The van der Waals surface area contributed by atoms with E-state index in [9.17, 15) is 0 Å². The van der Waals surface area contributed by atoms with E-state index in [1.807, 2.05) is 56.6 Å². The standard InChI is InChI=1S/C16H15NO2/c1-17(2)13-9-7-12(8-10-13)11-16-18-14-5-3-4-6-15(14)19-16/h3-11H,1-2H3. The summed E-state index contributed by atoms with van der Waals surface area (Å²) in [4.78, 5) is 2.06. The molecule has 0 spiro atoms. The van der Waals surface area contributed by atoms with Crippen LogP contribution in [-0.4, -0.2) is 14.1 Å². The number of nitrogens with zero attached hydrogens (tertiary/aromatic N) is 1. The number of benzene rings is 2. The largest absolute Gasteiger partial charge is 0.422 e. The molecule has 1 heterocycles. The molecule has 0 aliphatic carbocycles. The van der Waals surface area contributed by atoms with Crippen LogP contribution in [-0.2, 0) is 0 Å². The Balaban J connectivity index is 1.81. The van der Waals surface area contributed by atoms with Gasteiger partial charge in [0.05, 0.1) is 0 Å². The lowest BCUT2D eigenvalue weighted by Crippen LogP contribution is -2.07. The third-order valence-corrected chi connectivity index (χ3v) is 2.96. The van der Waals surface area contributed by atoms with Gasteiger partial charge >= 0.3 is 0 Å². The van der Waals surface area contributed by atoms with E-state index in [4.69, 9.17) is 9.47 Å². The van der Waals surface area contributed by atoms with Gasteiger partial charge in [-0.05, 0) is 29.8 Å². The highest BCUT2D eigenvalue weighted by atomic mass is 16.7. The van der Waals surface area contributed by atoms with Crippen molar-refractivity contribution >= 4 is 11.8 Å². The molecule has 0 atom stereocenters. The van der Waals surface area contributed by atoms with Crippen LogP contribution in [0.1, 0.15) is 5.56 Å². The van der Waals surface area contributed by atoms with E-state index in [0.29, 0.717) is 5.95 Å². The van der Waals surface area contributed by atoms with Crippen molar-refractivity contribution in [1.29, 1.82) is 0 Å². The Kier molecular flexibility index (Phi) is 2.88. The van der Waals surface area contributed by atoms with Gasteiger partial charge in [-0.15, -0.1) is 0 Å². The zero-order valence-corrected chi connectivity index (χ0v) is 11.0. The number of ether oxygens (including phenoxy) is 2. The quantitative estimate of drug-likeness (QED) is 0.817. The van der Waals surface area contributed by atoms with Crippen LogP contribution in [0.5, 0.6) is 11.5 Å². The van der Waals surface area contributed by atoms with Crippen LogP contribution >= 0.6 is 0 Å². The predicted octanol–water partition coefficient (Wildman–Crippen LogP) is 3.52. The zero-order valence-electron chi connectivity index (χ0n) is 11.0. The highest BCUT2D eigenvalue weighted by molar-refractivity contribution is 5.58. The van der Waals surface area contributed by atoms with E-state index in [2.05, 4.69) is 17.0 Å². The second-order valence-corrected chi connectivity index (χ2v) is 4.60. The van der Waals surface area contributed by atoms with Crippen LogP contribution in [0.25, 0.3) is 6.08 Å². The van der Waals surface area contributed by atoms with E-state index in [-0.39, 0.29) is 0 Å². The fourth-order valence-electron chi connectivity index (χ4n) is 1.92. The molecule has 0 aromatic heterocycles. The van der Waals surface area contributed by atoms with Gasteiger partial charge in [-0.1, -0.05) is 24.3 Å². The first kappa shape index (κ1) is 11.7. The van der Waals surface area contributed by atoms with Crippen molar-refractivity contribution in [3.8, 4) is 11.5 Å². The number of anilines is 1. The van der Waals surface area contributed by atoms with Crippen LogP contribution in [0.4, 0.5) is 5.69 Å². The van der Waals surface area contributed by atoms with Gasteiger partial charge in [-0.3, -0.25) is 0 Å². The highest BCUT2D eigenvalue weighted by Crippen LogP contribution is 2.36. The van der Waals surface area contributed by atoms with Gasteiger partial charge in [0.25, 0.3) is 5.95 Å². The fourth-order valence-corrected chi connectivity index (χ4v) is 1.92.